The zero-order valence-corrected chi connectivity index (χ0v) is 4.70. The Morgan fingerprint density at radius 2 is 2.22 bits per heavy atom. The van der Waals surface area contributed by atoms with Gasteiger partial charge < -0.3 is 0 Å². The van der Waals surface area contributed by atoms with E-state index in [-0.39, 0.29) is 12.4 Å². The van der Waals surface area contributed by atoms with E-state index in [0.29, 0.717) is 0 Å². The number of carbonyl (C=O) groups excluding carboxylic acids is 2. The van der Waals surface area contributed by atoms with Crippen LogP contribution in [0.15, 0.2) is 0 Å². The van der Waals surface area contributed by atoms with Gasteiger partial charge in [0.05, 0.1) is 5.92 Å². The fourth-order valence-corrected chi connectivity index (χ4v) is 0.454. The molecule has 0 bridgehead atoms. The fourth-order valence-electron chi connectivity index (χ4n) is 0.454. The van der Waals surface area contributed by atoms with Crippen molar-refractivity contribution in [3.8, 4) is 0 Å². The van der Waals surface area contributed by atoms with Crippen LogP contribution in [-0.2, 0) is 19.4 Å². The number of hydrogen-bond donors (Lipinski definition) is 0. The zero-order valence-electron chi connectivity index (χ0n) is 4.70. The molecule has 1 rings (SSSR count). The molecule has 1 aliphatic carbocycles. The van der Waals surface area contributed by atoms with E-state index >= 15 is 0 Å². The van der Waals surface area contributed by atoms with Crippen LogP contribution in [0, 0.1) is 5.92 Å². The molecule has 0 spiro atoms. The maximum atomic E-state index is 10.5. The van der Waals surface area contributed by atoms with E-state index in [0.717, 1.165) is 12.8 Å². The summed E-state index contributed by atoms with van der Waals surface area (Å²) in [5.74, 6) is -0.466. The van der Waals surface area contributed by atoms with Gasteiger partial charge in [0.1, 0.15) is 0 Å². The van der Waals surface area contributed by atoms with Crippen molar-refractivity contribution in [2.24, 2.45) is 5.92 Å². The van der Waals surface area contributed by atoms with Gasteiger partial charge in [0, 0.05) is 0 Å². The van der Waals surface area contributed by atoms with Crippen LogP contribution < -0.4 is 0 Å². The molecule has 0 aliphatic heterocycles. The second-order valence-electron chi connectivity index (χ2n) is 1.87. The summed E-state index contributed by atoms with van der Waals surface area (Å²) in [6.45, 7) is 0.0836. The SMILES string of the molecule is O=COOC(=O)C1CC1. The minimum Gasteiger partial charge on any atom is -0.251 e. The van der Waals surface area contributed by atoms with Crippen LogP contribution in [0.3, 0.4) is 0 Å². The molecule has 0 amide bonds. The lowest BCUT2D eigenvalue weighted by atomic mass is 10.5. The Bertz CT molecular complexity index is 127. The van der Waals surface area contributed by atoms with E-state index in [1.54, 1.807) is 0 Å². The van der Waals surface area contributed by atoms with Crippen molar-refractivity contribution in [1.29, 1.82) is 0 Å². The number of hydrogen-bond acceptors (Lipinski definition) is 4. The molecular weight excluding hydrogens is 124 g/mol. The third-order valence-corrected chi connectivity index (χ3v) is 1.08. The van der Waals surface area contributed by atoms with Gasteiger partial charge in [-0.25, -0.2) is 9.68 Å². The number of rotatable bonds is 3. The van der Waals surface area contributed by atoms with E-state index in [2.05, 4.69) is 9.78 Å². The quantitative estimate of drug-likeness (QED) is 0.307. The van der Waals surface area contributed by atoms with Crippen molar-refractivity contribution < 1.29 is 19.4 Å². The lowest BCUT2D eigenvalue weighted by molar-refractivity contribution is -0.249. The Morgan fingerprint density at radius 3 is 2.67 bits per heavy atom. The van der Waals surface area contributed by atoms with Crippen LogP contribution in [-0.4, -0.2) is 12.4 Å². The smallest absolute Gasteiger partial charge is 0.251 e. The third-order valence-electron chi connectivity index (χ3n) is 1.08. The Labute approximate surface area is 51.7 Å². The summed E-state index contributed by atoms with van der Waals surface area (Å²) < 4.78 is 0. The molecule has 0 saturated heterocycles. The second kappa shape index (κ2) is 2.48. The summed E-state index contributed by atoms with van der Waals surface area (Å²) in [5.41, 5.74) is 0. The van der Waals surface area contributed by atoms with E-state index in [1.165, 1.54) is 0 Å². The van der Waals surface area contributed by atoms with Crippen molar-refractivity contribution in [3.05, 3.63) is 0 Å². The predicted octanol–water partition coefficient (Wildman–Crippen LogP) is 0.0276. The van der Waals surface area contributed by atoms with Gasteiger partial charge in [0.25, 0.3) is 0 Å². The molecule has 1 aliphatic rings. The average Bonchev–Trinajstić information content (AvgIpc) is 2.63. The highest BCUT2D eigenvalue weighted by molar-refractivity contribution is 5.74. The monoisotopic (exact) mass is 130 g/mol. The molecule has 0 radical (unpaired) electrons. The maximum absolute atomic E-state index is 10.5. The van der Waals surface area contributed by atoms with Crippen LogP contribution in [0.2, 0.25) is 0 Å². The van der Waals surface area contributed by atoms with Gasteiger partial charge in [-0.1, -0.05) is 0 Å². The molecule has 9 heavy (non-hydrogen) atoms. The molecule has 0 N–H and O–H groups in total. The summed E-state index contributed by atoms with van der Waals surface area (Å²) in [5, 5.41) is 0. The van der Waals surface area contributed by atoms with Gasteiger partial charge in [-0.3, -0.25) is 9.68 Å². The molecule has 4 nitrogen and oxygen atoms in total. The van der Waals surface area contributed by atoms with E-state index in [9.17, 15) is 9.59 Å². The van der Waals surface area contributed by atoms with Crippen molar-refractivity contribution in [3.63, 3.8) is 0 Å². The van der Waals surface area contributed by atoms with Gasteiger partial charge in [-0.05, 0) is 12.8 Å². The summed E-state index contributed by atoms with van der Waals surface area (Å²) in [4.78, 5) is 27.7. The molecule has 0 atom stereocenters. The molecule has 0 aromatic rings. The van der Waals surface area contributed by atoms with Crippen molar-refractivity contribution in [2.45, 2.75) is 12.8 Å². The molecule has 4 heteroatoms. The highest BCUT2D eigenvalue weighted by atomic mass is 17.2. The van der Waals surface area contributed by atoms with E-state index in [1.807, 2.05) is 0 Å². The minimum absolute atomic E-state index is 0.0232. The standard InChI is InChI=1S/C5H6O4/c6-3-8-9-5(7)4-1-2-4/h3-4H,1-2H2. The van der Waals surface area contributed by atoms with Crippen molar-refractivity contribution in [2.75, 3.05) is 0 Å². The largest absolute Gasteiger partial charge is 0.358 e. The first-order chi connectivity index (χ1) is 4.34. The van der Waals surface area contributed by atoms with Crippen LogP contribution >= 0.6 is 0 Å². The normalized spacial score (nSPS) is 16.4. The maximum Gasteiger partial charge on any atom is 0.358 e. The lowest BCUT2D eigenvalue weighted by Gasteiger charge is -1.93. The molecule has 1 saturated carbocycles. The molecule has 50 valence electrons. The highest BCUT2D eigenvalue weighted by Gasteiger charge is 2.32. The van der Waals surface area contributed by atoms with Crippen LogP contribution in [0.5, 0.6) is 0 Å². The van der Waals surface area contributed by atoms with Crippen LogP contribution in [0.4, 0.5) is 0 Å². The first-order valence-electron chi connectivity index (χ1n) is 2.65. The van der Waals surface area contributed by atoms with Gasteiger partial charge in [0.2, 0.25) is 0 Å². The van der Waals surface area contributed by atoms with Gasteiger partial charge in [-0.2, -0.15) is 0 Å². The van der Waals surface area contributed by atoms with Gasteiger partial charge in [0.15, 0.2) is 0 Å². The summed E-state index contributed by atoms with van der Waals surface area (Å²) >= 11 is 0. The summed E-state index contributed by atoms with van der Waals surface area (Å²) in [7, 11) is 0. The first-order valence-corrected chi connectivity index (χ1v) is 2.65. The topological polar surface area (TPSA) is 52.6 Å². The molecule has 1 fully saturated rings. The molecular formula is C5H6O4. The molecule has 0 aromatic heterocycles. The Hall–Kier alpha value is -1.06. The van der Waals surface area contributed by atoms with Gasteiger partial charge in [-0.15, -0.1) is 0 Å². The van der Waals surface area contributed by atoms with Crippen LogP contribution in [0.1, 0.15) is 12.8 Å². The van der Waals surface area contributed by atoms with Crippen molar-refractivity contribution in [1.82, 2.24) is 0 Å². The second-order valence-corrected chi connectivity index (χ2v) is 1.87. The first kappa shape index (κ1) is 6.07. The lowest BCUT2D eigenvalue weighted by Crippen LogP contribution is -2.05. The van der Waals surface area contributed by atoms with Crippen molar-refractivity contribution >= 4 is 12.4 Å². The average molecular weight is 130 g/mol. The Kier molecular flexibility index (Phi) is 1.67. The van der Waals surface area contributed by atoms with E-state index in [4.69, 9.17) is 0 Å². The highest BCUT2D eigenvalue weighted by Crippen LogP contribution is 2.29. The minimum atomic E-state index is -0.442. The third kappa shape index (κ3) is 1.71. The molecule has 0 aromatic carbocycles. The van der Waals surface area contributed by atoms with Gasteiger partial charge >= 0.3 is 12.4 Å². The fraction of sp³-hybridized carbons (Fsp3) is 0.600. The Balaban J connectivity index is 2.10. The van der Waals surface area contributed by atoms with Crippen LogP contribution in [0.25, 0.3) is 0 Å². The number of carbonyl (C=O) groups is 2. The predicted molar refractivity (Wildman–Crippen MR) is 26.0 cm³/mol. The zero-order chi connectivity index (χ0) is 6.69. The summed E-state index contributed by atoms with van der Waals surface area (Å²) in [6, 6.07) is 0. The Morgan fingerprint density at radius 1 is 1.56 bits per heavy atom. The van der Waals surface area contributed by atoms with E-state index < -0.39 is 5.97 Å². The summed E-state index contributed by atoms with van der Waals surface area (Å²) in [6.07, 6.45) is 1.70. The molecule has 0 unspecified atom stereocenters. The molecule has 0 heterocycles.